The maximum Gasteiger partial charge on any atom is 0.285 e. The summed E-state index contributed by atoms with van der Waals surface area (Å²) in [4.78, 5) is 32.8. The van der Waals surface area contributed by atoms with Gasteiger partial charge in [-0.05, 0) is 19.1 Å². The lowest BCUT2D eigenvalue weighted by Crippen LogP contribution is -2.29. The summed E-state index contributed by atoms with van der Waals surface area (Å²) >= 11 is 0. The Labute approximate surface area is 119 Å². The van der Waals surface area contributed by atoms with E-state index in [1.807, 2.05) is 13.0 Å². The van der Waals surface area contributed by atoms with Crippen molar-refractivity contribution in [3.05, 3.63) is 58.3 Å². The molecule has 1 amide bonds. The van der Waals surface area contributed by atoms with Crippen LogP contribution in [0, 0.1) is 6.92 Å². The first kappa shape index (κ1) is 13.0. The molecule has 0 saturated heterocycles. The van der Waals surface area contributed by atoms with Crippen LogP contribution in [0.1, 0.15) is 16.1 Å². The Kier molecular flexibility index (Phi) is 3.02. The molecule has 0 bridgehead atoms. The lowest BCUT2D eigenvalue weighted by molar-refractivity contribution is 0.102. The van der Waals surface area contributed by atoms with Crippen LogP contribution in [0.15, 0.2) is 41.5 Å². The van der Waals surface area contributed by atoms with Gasteiger partial charge in [-0.1, -0.05) is 6.07 Å². The Hall–Kier alpha value is -2.96. The highest BCUT2D eigenvalue weighted by atomic mass is 16.2. The third-order valence-electron chi connectivity index (χ3n) is 3.10. The van der Waals surface area contributed by atoms with E-state index in [1.54, 1.807) is 36.1 Å². The summed E-state index contributed by atoms with van der Waals surface area (Å²) in [5.74, 6) is -0.127. The van der Waals surface area contributed by atoms with Crippen molar-refractivity contribution in [3.63, 3.8) is 0 Å². The first-order valence-corrected chi connectivity index (χ1v) is 6.34. The molecule has 0 aliphatic heterocycles. The van der Waals surface area contributed by atoms with Crippen LogP contribution in [-0.2, 0) is 7.05 Å². The van der Waals surface area contributed by atoms with Crippen molar-refractivity contribution >= 4 is 17.4 Å². The predicted molar refractivity (Wildman–Crippen MR) is 77.4 cm³/mol. The summed E-state index contributed by atoms with van der Waals surface area (Å²) in [6, 6.07) is 6.97. The Balaban J connectivity index is 2.00. The molecule has 0 unspecified atom stereocenters. The molecule has 0 atom stereocenters. The number of pyridine rings is 1. The topological polar surface area (TPSA) is 81.3 Å². The maximum absolute atomic E-state index is 12.3. The van der Waals surface area contributed by atoms with E-state index in [4.69, 9.17) is 0 Å². The van der Waals surface area contributed by atoms with Gasteiger partial charge in [0, 0.05) is 31.2 Å². The van der Waals surface area contributed by atoms with Crippen molar-refractivity contribution in [3.8, 4) is 0 Å². The number of rotatable bonds is 2. The maximum atomic E-state index is 12.3. The number of nitrogens with zero attached hydrogens (tertiary/aromatic N) is 4. The molecule has 0 aliphatic rings. The van der Waals surface area contributed by atoms with Crippen LogP contribution in [-0.4, -0.2) is 25.1 Å². The molecule has 7 heteroatoms. The highest BCUT2D eigenvalue weighted by molar-refractivity contribution is 6.03. The van der Waals surface area contributed by atoms with Crippen molar-refractivity contribution in [2.24, 2.45) is 7.05 Å². The number of amides is 1. The monoisotopic (exact) mass is 283 g/mol. The van der Waals surface area contributed by atoms with Crippen molar-refractivity contribution in [2.45, 2.75) is 6.92 Å². The number of nitrogens with one attached hydrogen (secondary N) is 1. The molecule has 0 saturated carbocycles. The third-order valence-corrected chi connectivity index (χ3v) is 3.10. The molecule has 3 rings (SSSR count). The van der Waals surface area contributed by atoms with Gasteiger partial charge in [0.2, 0.25) is 0 Å². The molecule has 1 N–H and O–H groups in total. The summed E-state index contributed by atoms with van der Waals surface area (Å²) in [6.45, 7) is 1.82. The molecule has 0 radical (unpaired) electrons. The molecular weight excluding hydrogens is 270 g/mol. The molecule has 0 aliphatic carbocycles. The van der Waals surface area contributed by atoms with Crippen molar-refractivity contribution in [2.75, 3.05) is 5.32 Å². The van der Waals surface area contributed by atoms with E-state index in [1.165, 1.54) is 10.7 Å². The molecule has 7 nitrogen and oxygen atoms in total. The van der Waals surface area contributed by atoms with Gasteiger partial charge in [-0.2, -0.15) is 4.52 Å². The van der Waals surface area contributed by atoms with Crippen molar-refractivity contribution in [1.82, 2.24) is 19.2 Å². The highest BCUT2D eigenvalue weighted by Gasteiger charge is 2.15. The Bertz CT molecular complexity index is 894. The van der Waals surface area contributed by atoms with Crippen molar-refractivity contribution in [1.29, 1.82) is 0 Å². The zero-order valence-electron chi connectivity index (χ0n) is 11.6. The number of hydrogen-bond acceptors (Lipinski definition) is 4. The molecule has 0 aromatic carbocycles. The average molecular weight is 283 g/mol. The van der Waals surface area contributed by atoms with E-state index in [9.17, 15) is 9.59 Å². The standard InChI is InChI=1S/C14H13N5O2/c1-9-4-3-5-11(16-9)17-13(20)10-8-15-12-6-7-18(2)19(12)14(10)21/h3-8H,1-2H3,(H,16,17,20). The van der Waals surface area contributed by atoms with Gasteiger partial charge in [0.15, 0.2) is 5.65 Å². The zero-order chi connectivity index (χ0) is 15.0. The summed E-state index contributed by atoms with van der Waals surface area (Å²) in [5, 5.41) is 2.60. The average Bonchev–Trinajstić information content (AvgIpc) is 2.81. The smallest absolute Gasteiger partial charge is 0.285 e. The number of aryl methyl sites for hydroxylation is 2. The number of fused-ring (bicyclic) bond motifs is 1. The number of aromatic nitrogens is 4. The van der Waals surface area contributed by atoms with Gasteiger partial charge >= 0.3 is 0 Å². The highest BCUT2D eigenvalue weighted by Crippen LogP contribution is 2.06. The second kappa shape index (κ2) is 4.86. The predicted octanol–water partition coefficient (Wildman–Crippen LogP) is 0.989. The van der Waals surface area contributed by atoms with Gasteiger partial charge in [-0.15, -0.1) is 0 Å². The quantitative estimate of drug-likeness (QED) is 0.760. The Morgan fingerprint density at radius 3 is 2.86 bits per heavy atom. The van der Waals surface area contributed by atoms with Crippen LogP contribution in [0.5, 0.6) is 0 Å². The molecule has 3 aromatic heterocycles. The molecule has 21 heavy (non-hydrogen) atoms. The van der Waals surface area contributed by atoms with E-state index >= 15 is 0 Å². The van der Waals surface area contributed by atoms with E-state index < -0.39 is 11.5 Å². The van der Waals surface area contributed by atoms with Crippen LogP contribution in [0.3, 0.4) is 0 Å². The van der Waals surface area contributed by atoms with E-state index in [-0.39, 0.29) is 5.56 Å². The van der Waals surface area contributed by atoms with Crippen LogP contribution in [0.25, 0.3) is 5.65 Å². The van der Waals surface area contributed by atoms with Crippen molar-refractivity contribution < 1.29 is 4.79 Å². The van der Waals surface area contributed by atoms with Gasteiger partial charge in [-0.3, -0.25) is 14.3 Å². The fourth-order valence-corrected chi connectivity index (χ4v) is 2.07. The van der Waals surface area contributed by atoms with Gasteiger partial charge in [0.25, 0.3) is 11.5 Å². The summed E-state index contributed by atoms with van der Waals surface area (Å²) in [7, 11) is 1.71. The normalized spacial score (nSPS) is 10.8. The summed E-state index contributed by atoms with van der Waals surface area (Å²) in [6.07, 6.45) is 2.98. The lowest BCUT2D eigenvalue weighted by Gasteiger charge is -2.05. The number of anilines is 1. The molecule has 3 aromatic rings. The molecule has 3 heterocycles. The second-order valence-corrected chi connectivity index (χ2v) is 4.65. The summed E-state index contributed by atoms with van der Waals surface area (Å²) in [5.41, 5.74) is 0.823. The van der Waals surface area contributed by atoms with Gasteiger partial charge < -0.3 is 5.32 Å². The van der Waals surface area contributed by atoms with E-state index in [2.05, 4.69) is 15.3 Å². The first-order chi connectivity index (χ1) is 10.1. The van der Waals surface area contributed by atoms with Crippen LogP contribution in [0.2, 0.25) is 0 Å². The van der Waals surface area contributed by atoms with Gasteiger partial charge in [0.1, 0.15) is 11.4 Å². The second-order valence-electron chi connectivity index (χ2n) is 4.65. The van der Waals surface area contributed by atoms with Crippen LogP contribution >= 0.6 is 0 Å². The van der Waals surface area contributed by atoms with Gasteiger partial charge in [0.05, 0.1) is 0 Å². The SMILES string of the molecule is Cc1cccc(NC(=O)c2cnc3ccn(C)n3c2=O)n1. The fourth-order valence-electron chi connectivity index (χ4n) is 2.07. The van der Waals surface area contributed by atoms with Crippen LogP contribution in [0.4, 0.5) is 5.82 Å². The third kappa shape index (κ3) is 2.29. The fraction of sp³-hybridized carbons (Fsp3) is 0.143. The van der Waals surface area contributed by atoms with E-state index in [0.717, 1.165) is 5.69 Å². The number of carbonyl (C=O) groups is 1. The minimum atomic E-state index is -0.527. The zero-order valence-corrected chi connectivity index (χ0v) is 11.6. The lowest BCUT2D eigenvalue weighted by atomic mass is 10.3. The number of hydrogen-bond donors (Lipinski definition) is 1. The Morgan fingerprint density at radius 2 is 2.10 bits per heavy atom. The Morgan fingerprint density at radius 1 is 1.29 bits per heavy atom. The molecule has 106 valence electrons. The minimum Gasteiger partial charge on any atom is -0.306 e. The molecule has 0 fully saturated rings. The number of carbonyl (C=O) groups excluding carboxylic acids is 1. The van der Waals surface area contributed by atoms with Gasteiger partial charge in [-0.25, -0.2) is 9.97 Å². The molecule has 0 spiro atoms. The summed E-state index contributed by atoms with van der Waals surface area (Å²) < 4.78 is 2.91. The van der Waals surface area contributed by atoms with Crippen LogP contribution < -0.4 is 10.9 Å². The largest absolute Gasteiger partial charge is 0.306 e. The minimum absolute atomic E-state index is 0.0300. The molecular formula is C14H13N5O2. The first-order valence-electron chi connectivity index (χ1n) is 6.34. The van der Waals surface area contributed by atoms with E-state index in [0.29, 0.717) is 11.5 Å².